The second kappa shape index (κ2) is 7.15. The van der Waals surface area contributed by atoms with Crippen molar-refractivity contribution in [2.75, 3.05) is 13.2 Å². The summed E-state index contributed by atoms with van der Waals surface area (Å²) >= 11 is 1.37. The van der Waals surface area contributed by atoms with E-state index in [9.17, 15) is 13.2 Å². The molecule has 4 aliphatic carbocycles. The molecule has 164 valence electrons. The third-order valence-corrected chi connectivity index (χ3v) is 10.5. The summed E-state index contributed by atoms with van der Waals surface area (Å²) in [6, 6.07) is 8.79. The van der Waals surface area contributed by atoms with Crippen molar-refractivity contribution in [3.8, 4) is 10.4 Å². The van der Waals surface area contributed by atoms with E-state index in [1.54, 1.807) is 18.2 Å². The Morgan fingerprint density at radius 2 is 1.77 bits per heavy atom. The number of benzene rings is 1. The molecule has 1 amide bonds. The fraction of sp³-hybridized carbons (Fsp3) is 0.542. The Bertz CT molecular complexity index is 1110. The topological polar surface area (TPSA) is 72.5 Å². The largest absolute Gasteiger partial charge is 0.373 e. The molecule has 0 unspecified atom stereocenters. The quantitative estimate of drug-likeness (QED) is 0.675. The maximum atomic E-state index is 12.8. The molecule has 5 nitrogen and oxygen atoms in total. The fourth-order valence-corrected chi connectivity index (χ4v) is 9.69. The number of thiophene rings is 1. The van der Waals surface area contributed by atoms with Gasteiger partial charge in [-0.2, -0.15) is 0 Å². The maximum Gasteiger partial charge on any atom is 0.261 e. The predicted molar refractivity (Wildman–Crippen MR) is 120 cm³/mol. The van der Waals surface area contributed by atoms with Gasteiger partial charge in [0.25, 0.3) is 5.91 Å². The van der Waals surface area contributed by atoms with Crippen LogP contribution in [-0.4, -0.2) is 33.1 Å². The third-order valence-electron chi connectivity index (χ3n) is 7.62. The van der Waals surface area contributed by atoms with E-state index in [2.05, 4.69) is 5.32 Å². The summed E-state index contributed by atoms with van der Waals surface area (Å²) in [7, 11) is -3.36. The highest BCUT2D eigenvalue weighted by Gasteiger charge is 2.51. The molecule has 4 fully saturated rings. The minimum Gasteiger partial charge on any atom is -0.373 e. The van der Waals surface area contributed by atoms with Crippen molar-refractivity contribution in [2.45, 2.75) is 54.8 Å². The summed E-state index contributed by atoms with van der Waals surface area (Å²) in [4.78, 5) is 14.6. The molecule has 7 rings (SSSR count). The summed E-state index contributed by atoms with van der Waals surface area (Å²) in [5, 5.41) is 2.98. The van der Waals surface area contributed by atoms with Crippen molar-refractivity contribution in [3.63, 3.8) is 0 Å². The molecule has 1 aromatic carbocycles. The standard InChI is InChI=1S/C24H27NO4S2/c26-23(25-5-6-29-24-11-15-7-16(12-24)9-17(8-15)13-24)20-10-18-14-31(27,28)21-4-2-1-3-19(21)22(18)30-20/h1-4,10,15-17H,5-9,11-14H2,(H,25,26). The molecular formula is C24H27NO4S2. The Hall–Kier alpha value is -1.70. The van der Waals surface area contributed by atoms with Crippen LogP contribution in [0.4, 0.5) is 0 Å². The first-order valence-corrected chi connectivity index (χ1v) is 13.7. The summed E-state index contributed by atoms with van der Waals surface area (Å²) < 4.78 is 31.5. The van der Waals surface area contributed by atoms with Gasteiger partial charge in [-0.1, -0.05) is 18.2 Å². The number of ether oxygens (including phenoxy) is 1. The van der Waals surface area contributed by atoms with Crippen LogP contribution >= 0.6 is 11.3 Å². The molecule has 0 atom stereocenters. The van der Waals surface area contributed by atoms with E-state index < -0.39 is 9.84 Å². The number of carbonyl (C=O) groups excluding carboxylic acids is 1. The van der Waals surface area contributed by atoms with Crippen molar-refractivity contribution < 1.29 is 17.9 Å². The minimum absolute atomic E-state index is 0.0434. The lowest BCUT2D eigenvalue weighted by atomic mass is 9.54. The third kappa shape index (κ3) is 3.45. The van der Waals surface area contributed by atoms with Gasteiger partial charge in [0.15, 0.2) is 9.84 Å². The molecule has 4 saturated carbocycles. The number of sulfone groups is 1. The van der Waals surface area contributed by atoms with E-state index in [0.29, 0.717) is 28.5 Å². The first-order valence-electron chi connectivity index (χ1n) is 11.3. The first-order chi connectivity index (χ1) is 14.9. The number of amides is 1. The van der Waals surface area contributed by atoms with Crippen LogP contribution in [0, 0.1) is 17.8 Å². The molecular weight excluding hydrogens is 430 g/mol. The molecule has 7 heteroatoms. The van der Waals surface area contributed by atoms with Gasteiger partial charge < -0.3 is 10.1 Å². The number of rotatable bonds is 5. The van der Waals surface area contributed by atoms with Crippen LogP contribution < -0.4 is 5.32 Å². The Labute approximate surface area is 187 Å². The van der Waals surface area contributed by atoms with Gasteiger partial charge in [0.05, 0.1) is 27.7 Å². The van der Waals surface area contributed by atoms with Crippen molar-refractivity contribution in [1.82, 2.24) is 5.32 Å². The molecule has 0 spiro atoms. The second-order valence-corrected chi connectivity index (χ2v) is 12.9. The lowest BCUT2D eigenvalue weighted by molar-refractivity contribution is -0.160. The van der Waals surface area contributed by atoms with Gasteiger partial charge in [-0.15, -0.1) is 11.3 Å². The highest BCUT2D eigenvalue weighted by molar-refractivity contribution is 7.91. The monoisotopic (exact) mass is 457 g/mol. The molecule has 1 aliphatic heterocycles. The number of nitrogens with one attached hydrogen (secondary N) is 1. The van der Waals surface area contributed by atoms with Gasteiger partial charge in [-0.05, 0) is 74.0 Å². The van der Waals surface area contributed by atoms with Gasteiger partial charge in [-0.25, -0.2) is 8.42 Å². The van der Waals surface area contributed by atoms with E-state index in [1.807, 2.05) is 12.1 Å². The molecule has 31 heavy (non-hydrogen) atoms. The number of hydrogen-bond acceptors (Lipinski definition) is 5. The minimum atomic E-state index is -3.36. The van der Waals surface area contributed by atoms with E-state index in [4.69, 9.17) is 4.74 Å². The van der Waals surface area contributed by atoms with E-state index in [-0.39, 0.29) is 17.3 Å². The number of fused-ring (bicyclic) bond motifs is 3. The smallest absolute Gasteiger partial charge is 0.261 e. The number of carbonyl (C=O) groups is 1. The predicted octanol–water partition coefficient (Wildman–Crippen LogP) is 4.42. The SMILES string of the molecule is O=C(NCCOC12CC3CC(CC(C3)C1)C2)c1cc2c(s1)-c1ccccc1S(=O)(=O)C2. The Balaban J connectivity index is 1.11. The summed E-state index contributed by atoms with van der Waals surface area (Å²) in [6.07, 6.45) is 7.75. The van der Waals surface area contributed by atoms with Crippen molar-refractivity contribution in [3.05, 3.63) is 40.8 Å². The van der Waals surface area contributed by atoms with Crippen molar-refractivity contribution in [1.29, 1.82) is 0 Å². The summed E-state index contributed by atoms with van der Waals surface area (Å²) in [6.45, 7) is 1.03. The van der Waals surface area contributed by atoms with Crippen LogP contribution in [0.15, 0.2) is 35.2 Å². The molecule has 2 aromatic rings. The fourth-order valence-electron chi connectivity index (χ4n) is 6.81. The Morgan fingerprint density at radius 3 is 2.48 bits per heavy atom. The first kappa shape index (κ1) is 19.9. The molecule has 1 N–H and O–H groups in total. The Kier molecular flexibility index (Phi) is 4.60. The van der Waals surface area contributed by atoms with Crippen LogP contribution in [0.5, 0.6) is 0 Å². The van der Waals surface area contributed by atoms with Crippen LogP contribution in [-0.2, 0) is 20.3 Å². The molecule has 0 radical (unpaired) electrons. The van der Waals surface area contributed by atoms with E-state index >= 15 is 0 Å². The lowest BCUT2D eigenvalue weighted by Crippen LogP contribution is -2.52. The molecule has 5 aliphatic rings. The van der Waals surface area contributed by atoms with Crippen molar-refractivity contribution in [2.24, 2.45) is 17.8 Å². The van der Waals surface area contributed by atoms with Gasteiger partial charge in [-0.3, -0.25) is 4.79 Å². The zero-order valence-electron chi connectivity index (χ0n) is 17.4. The molecule has 4 bridgehead atoms. The average Bonchev–Trinajstić information content (AvgIpc) is 3.14. The normalized spacial score (nSPS) is 31.8. The average molecular weight is 458 g/mol. The zero-order chi connectivity index (χ0) is 21.2. The summed E-state index contributed by atoms with van der Waals surface area (Å²) in [5.41, 5.74) is 1.48. The second-order valence-electron chi connectivity index (χ2n) is 9.93. The lowest BCUT2D eigenvalue weighted by Gasteiger charge is -2.56. The molecule has 1 aromatic heterocycles. The number of hydrogen-bond donors (Lipinski definition) is 1. The van der Waals surface area contributed by atoms with Gasteiger partial charge in [0, 0.05) is 17.0 Å². The maximum absolute atomic E-state index is 12.8. The van der Waals surface area contributed by atoms with Crippen LogP contribution in [0.2, 0.25) is 0 Å². The zero-order valence-corrected chi connectivity index (χ0v) is 19.1. The van der Waals surface area contributed by atoms with Crippen LogP contribution in [0.25, 0.3) is 10.4 Å². The highest BCUT2D eigenvalue weighted by atomic mass is 32.2. The van der Waals surface area contributed by atoms with E-state index in [1.165, 1.54) is 49.9 Å². The molecule has 2 heterocycles. The Morgan fingerprint density at radius 1 is 1.10 bits per heavy atom. The molecule has 0 saturated heterocycles. The van der Waals surface area contributed by atoms with Crippen LogP contribution in [0.3, 0.4) is 0 Å². The van der Waals surface area contributed by atoms with E-state index in [0.717, 1.165) is 28.2 Å². The van der Waals surface area contributed by atoms with Gasteiger partial charge in [0.2, 0.25) is 0 Å². The highest BCUT2D eigenvalue weighted by Crippen LogP contribution is 2.57. The van der Waals surface area contributed by atoms with Crippen LogP contribution in [0.1, 0.15) is 53.8 Å². The van der Waals surface area contributed by atoms with Gasteiger partial charge >= 0.3 is 0 Å². The van der Waals surface area contributed by atoms with Gasteiger partial charge in [0.1, 0.15) is 0 Å². The van der Waals surface area contributed by atoms with Crippen molar-refractivity contribution >= 4 is 27.1 Å². The summed E-state index contributed by atoms with van der Waals surface area (Å²) in [5.74, 6) is 2.34.